The average molecular weight is 516 g/mol. The van der Waals surface area contributed by atoms with Gasteiger partial charge in [0.05, 0.1) is 15.5 Å². The fourth-order valence-electron chi connectivity index (χ4n) is 5.77. The van der Waals surface area contributed by atoms with Gasteiger partial charge in [0, 0.05) is 29.8 Å². The van der Waals surface area contributed by atoms with E-state index in [1.54, 1.807) is 42.5 Å². The van der Waals surface area contributed by atoms with Crippen molar-refractivity contribution < 1.29 is 26.7 Å². The third kappa shape index (κ3) is 3.94. The number of aliphatic hydroxyl groups is 1. The van der Waals surface area contributed by atoms with Crippen molar-refractivity contribution in [3.63, 3.8) is 0 Å². The van der Waals surface area contributed by atoms with Gasteiger partial charge >= 0.3 is 0 Å². The van der Waals surface area contributed by atoms with E-state index in [2.05, 4.69) is 0 Å². The molecule has 0 amide bonds. The molecule has 2 fully saturated rings. The molecule has 1 aromatic heterocycles. The summed E-state index contributed by atoms with van der Waals surface area (Å²) in [7, 11) is -7.69. The summed E-state index contributed by atoms with van der Waals surface area (Å²) in [4.78, 5) is 0.280. The highest BCUT2D eigenvalue weighted by atomic mass is 32.2. The van der Waals surface area contributed by atoms with E-state index in [0.29, 0.717) is 5.56 Å². The number of fused-ring (bicyclic) bond motifs is 1. The van der Waals surface area contributed by atoms with Crippen LogP contribution in [0.4, 0.5) is 0 Å². The Morgan fingerprint density at radius 1 is 0.943 bits per heavy atom. The third-order valence-corrected chi connectivity index (χ3v) is 11.1. The average Bonchev–Trinajstić information content (AvgIpc) is 3.50. The van der Waals surface area contributed by atoms with Crippen molar-refractivity contribution in [2.24, 2.45) is 17.8 Å². The Morgan fingerprint density at radius 3 is 2.14 bits per heavy atom. The summed E-state index contributed by atoms with van der Waals surface area (Å²) >= 11 is 0. The zero-order valence-corrected chi connectivity index (χ0v) is 21.2. The summed E-state index contributed by atoms with van der Waals surface area (Å²) in [6, 6.07) is 17.7. The smallest absolute Gasteiger partial charge is 0.267 e. The van der Waals surface area contributed by atoms with Gasteiger partial charge in [-0.2, -0.15) is 0 Å². The number of hydrogen-bond acceptors (Lipinski definition) is 6. The quantitative estimate of drug-likeness (QED) is 0.536. The molecule has 0 radical (unpaired) electrons. The minimum absolute atomic E-state index is 0.123. The van der Waals surface area contributed by atoms with Crippen LogP contribution in [0.15, 0.2) is 88.9 Å². The number of rotatable bonds is 6. The van der Waals surface area contributed by atoms with Crippen molar-refractivity contribution in [2.75, 3.05) is 5.75 Å². The maximum atomic E-state index is 13.5. The lowest BCUT2D eigenvalue weighted by Gasteiger charge is -2.33. The van der Waals surface area contributed by atoms with Crippen LogP contribution in [0.5, 0.6) is 0 Å². The first-order valence-electron chi connectivity index (χ1n) is 11.7. The number of aromatic nitrogens is 1. The molecule has 35 heavy (non-hydrogen) atoms. The van der Waals surface area contributed by atoms with Crippen LogP contribution in [0.1, 0.15) is 32.3 Å². The molecule has 1 aliphatic heterocycles. The van der Waals surface area contributed by atoms with E-state index >= 15 is 0 Å². The zero-order valence-electron chi connectivity index (χ0n) is 19.6. The first kappa shape index (κ1) is 24.2. The van der Waals surface area contributed by atoms with Crippen molar-refractivity contribution in [1.82, 2.24) is 3.97 Å². The van der Waals surface area contributed by atoms with Crippen molar-refractivity contribution in [3.05, 3.63) is 84.7 Å². The van der Waals surface area contributed by atoms with Crippen LogP contribution in [0.3, 0.4) is 0 Å². The molecule has 3 aromatic rings. The van der Waals surface area contributed by atoms with Gasteiger partial charge < -0.3 is 9.84 Å². The van der Waals surface area contributed by atoms with Crippen LogP contribution < -0.4 is 0 Å². The maximum absolute atomic E-state index is 13.5. The molecule has 5 atom stereocenters. The lowest BCUT2D eigenvalue weighted by atomic mass is 9.84. The first-order chi connectivity index (χ1) is 16.5. The Balaban J connectivity index is 1.60. The second-order valence-electron chi connectivity index (χ2n) is 9.89. The molecule has 1 N–H and O–H groups in total. The van der Waals surface area contributed by atoms with Gasteiger partial charge in [0.1, 0.15) is 5.60 Å². The van der Waals surface area contributed by atoms with Gasteiger partial charge in [-0.25, -0.2) is 20.8 Å². The number of benzene rings is 2. The van der Waals surface area contributed by atoms with Gasteiger partial charge in [0.25, 0.3) is 10.0 Å². The number of ether oxygens (including phenoxy) is 1. The van der Waals surface area contributed by atoms with Gasteiger partial charge in [-0.15, -0.1) is 0 Å². The van der Waals surface area contributed by atoms with E-state index in [1.807, 2.05) is 13.8 Å². The summed E-state index contributed by atoms with van der Waals surface area (Å²) in [5, 5.41) is 11.5. The van der Waals surface area contributed by atoms with E-state index in [-0.39, 0.29) is 34.0 Å². The molecule has 2 heterocycles. The Morgan fingerprint density at radius 2 is 1.54 bits per heavy atom. The molecule has 3 unspecified atom stereocenters. The lowest BCUT2D eigenvalue weighted by molar-refractivity contribution is -0.250. The molecule has 2 aromatic carbocycles. The van der Waals surface area contributed by atoms with Crippen LogP contribution in [-0.2, 0) is 30.2 Å². The Hall–Kier alpha value is -2.46. The molecule has 186 valence electrons. The molecule has 0 bridgehead atoms. The van der Waals surface area contributed by atoms with Gasteiger partial charge in [0.2, 0.25) is 0 Å². The van der Waals surface area contributed by atoms with Crippen molar-refractivity contribution in [3.8, 4) is 0 Å². The molecule has 1 aliphatic carbocycles. The summed E-state index contributed by atoms with van der Waals surface area (Å²) in [5.74, 6) is -2.20. The molecule has 1 saturated carbocycles. The van der Waals surface area contributed by atoms with E-state index < -0.39 is 37.0 Å². The second-order valence-corrected chi connectivity index (χ2v) is 13.7. The van der Waals surface area contributed by atoms with Gasteiger partial charge in [0.15, 0.2) is 15.6 Å². The van der Waals surface area contributed by atoms with Crippen LogP contribution in [0, 0.1) is 17.8 Å². The van der Waals surface area contributed by atoms with Crippen molar-refractivity contribution >= 4 is 19.9 Å². The molecular formula is C26H29NO6S2. The van der Waals surface area contributed by atoms with E-state index in [4.69, 9.17) is 4.74 Å². The molecule has 5 rings (SSSR count). The standard InChI is InChI=1S/C26H29NO6S2/c1-19-15-20(2)26(28)24(19)16-25(33-26,18-34(29,30)22-9-5-3-6-10-22)21-13-14-27(17-21)35(31,32)23-11-7-4-8-12-23/h3-14,17,19-20,24,28H,15-16,18H2,1-2H3/t19-,20+,24?,25?,26?/m1/s1. The minimum atomic E-state index is -3.88. The minimum Gasteiger partial charge on any atom is -0.365 e. The van der Waals surface area contributed by atoms with Crippen molar-refractivity contribution in [2.45, 2.75) is 47.9 Å². The van der Waals surface area contributed by atoms with Crippen LogP contribution in [0.2, 0.25) is 0 Å². The first-order valence-corrected chi connectivity index (χ1v) is 14.8. The normalized spacial score (nSPS) is 30.9. The number of hydrogen-bond donors (Lipinski definition) is 1. The number of nitrogens with zero attached hydrogens (tertiary/aromatic N) is 1. The van der Waals surface area contributed by atoms with E-state index in [1.165, 1.54) is 36.7 Å². The summed E-state index contributed by atoms with van der Waals surface area (Å²) in [6.07, 6.45) is 3.87. The maximum Gasteiger partial charge on any atom is 0.267 e. The van der Waals surface area contributed by atoms with Crippen molar-refractivity contribution in [1.29, 1.82) is 0 Å². The topological polar surface area (TPSA) is 103 Å². The lowest BCUT2D eigenvalue weighted by Crippen LogP contribution is -2.42. The Bertz CT molecular complexity index is 1440. The van der Waals surface area contributed by atoms with Gasteiger partial charge in [-0.1, -0.05) is 50.2 Å². The molecule has 1 saturated heterocycles. The predicted octanol–water partition coefficient (Wildman–Crippen LogP) is 3.80. The summed E-state index contributed by atoms with van der Waals surface area (Å²) in [6.45, 7) is 3.94. The Kier molecular flexibility index (Phi) is 5.75. The van der Waals surface area contributed by atoms with Gasteiger partial charge in [-0.3, -0.25) is 0 Å². The highest BCUT2D eigenvalue weighted by Gasteiger charge is 2.64. The van der Waals surface area contributed by atoms with Crippen LogP contribution in [0.25, 0.3) is 0 Å². The zero-order chi connectivity index (χ0) is 25.1. The summed E-state index contributed by atoms with van der Waals surface area (Å²) < 4.78 is 60.8. The molecular weight excluding hydrogens is 486 g/mol. The molecule has 0 spiro atoms. The fraction of sp³-hybridized carbons (Fsp3) is 0.385. The molecule has 9 heteroatoms. The monoisotopic (exact) mass is 515 g/mol. The highest BCUT2D eigenvalue weighted by Crippen LogP contribution is 2.59. The van der Waals surface area contributed by atoms with Crippen LogP contribution >= 0.6 is 0 Å². The fourth-order valence-corrected chi connectivity index (χ4v) is 8.69. The Labute approximate surface area is 206 Å². The third-order valence-electron chi connectivity index (χ3n) is 7.60. The van der Waals surface area contributed by atoms with E-state index in [9.17, 15) is 21.9 Å². The van der Waals surface area contributed by atoms with E-state index in [0.717, 1.165) is 10.4 Å². The largest absolute Gasteiger partial charge is 0.365 e. The van der Waals surface area contributed by atoms with Crippen LogP contribution in [-0.4, -0.2) is 37.5 Å². The SMILES string of the molecule is C[C@@H]1C[C@H](C)C2(O)OC(CS(=O)(=O)c3ccccc3)(c3ccn(S(=O)(=O)c4ccccc4)c3)CC12. The number of sulfone groups is 1. The molecule has 2 aliphatic rings. The molecule has 7 nitrogen and oxygen atoms in total. The second kappa shape index (κ2) is 8.30. The van der Waals surface area contributed by atoms with Gasteiger partial charge in [-0.05, 0) is 49.1 Å². The predicted molar refractivity (Wildman–Crippen MR) is 131 cm³/mol. The summed E-state index contributed by atoms with van der Waals surface area (Å²) in [5.41, 5.74) is -0.979. The highest BCUT2D eigenvalue weighted by molar-refractivity contribution is 7.91.